The standard InChI is InChI=1S/C14H16ClN3O3/c1-3-9(2)17-14(20)18-13(19)8-21-12-5-4-10(7-16)6-11(12)15/h4-6,9H,3,8H2,1-2H3,(H2,17,18,19,20)/t9-/m0/s1. The largest absolute Gasteiger partial charge is 0.482 e. The number of nitriles is 1. The lowest BCUT2D eigenvalue weighted by Crippen LogP contribution is -2.44. The molecule has 2 N–H and O–H groups in total. The fourth-order valence-corrected chi connectivity index (χ4v) is 1.59. The van der Waals surface area contributed by atoms with Gasteiger partial charge in [0.15, 0.2) is 6.61 Å². The van der Waals surface area contributed by atoms with Crippen LogP contribution in [0.25, 0.3) is 0 Å². The molecule has 21 heavy (non-hydrogen) atoms. The molecule has 1 atom stereocenters. The average Bonchev–Trinajstić information content (AvgIpc) is 2.45. The van der Waals surface area contributed by atoms with Gasteiger partial charge >= 0.3 is 6.03 Å². The second-order valence-corrected chi connectivity index (χ2v) is 4.78. The van der Waals surface area contributed by atoms with Crippen LogP contribution in [0.15, 0.2) is 18.2 Å². The van der Waals surface area contributed by atoms with Gasteiger partial charge < -0.3 is 10.1 Å². The first-order chi connectivity index (χ1) is 9.96. The van der Waals surface area contributed by atoms with Gasteiger partial charge in [-0.1, -0.05) is 18.5 Å². The summed E-state index contributed by atoms with van der Waals surface area (Å²) in [5.74, 6) is -0.315. The fraction of sp³-hybridized carbons (Fsp3) is 0.357. The third-order valence-corrected chi connectivity index (χ3v) is 2.96. The van der Waals surface area contributed by atoms with E-state index in [1.165, 1.54) is 18.2 Å². The molecule has 6 nitrogen and oxygen atoms in total. The van der Waals surface area contributed by atoms with Gasteiger partial charge in [-0.15, -0.1) is 0 Å². The maximum atomic E-state index is 11.5. The first-order valence-corrected chi connectivity index (χ1v) is 6.76. The van der Waals surface area contributed by atoms with E-state index >= 15 is 0 Å². The summed E-state index contributed by atoms with van der Waals surface area (Å²) in [5, 5.41) is 13.7. The van der Waals surface area contributed by atoms with Crippen molar-refractivity contribution < 1.29 is 14.3 Å². The van der Waals surface area contributed by atoms with E-state index in [9.17, 15) is 9.59 Å². The van der Waals surface area contributed by atoms with Gasteiger partial charge in [-0.25, -0.2) is 4.79 Å². The number of halogens is 1. The zero-order valence-electron chi connectivity index (χ0n) is 11.8. The lowest BCUT2D eigenvalue weighted by molar-refractivity contribution is -0.122. The molecule has 0 aliphatic rings. The Labute approximate surface area is 128 Å². The zero-order chi connectivity index (χ0) is 15.8. The van der Waals surface area contributed by atoms with Crippen LogP contribution in [0.5, 0.6) is 5.75 Å². The van der Waals surface area contributed by atoms with Gasteiger partial charge in [-0.3, -0.25) is 10.1 Å². The van der Waals surface area contributed by atoms with Crippen LogP contribution in [0.4, 0.5) is 4.79 Å². The Balaban J connectivity index is 2.47. The van der Waals surface area contributed by atoms with Crippen molar-refractivity contribution in [1.82, 2.24) is 10.6 Å². The monoisotopic (exact) mass is 309 g/mol. The predicted octanol–water partition coefficient (Wildman–Crippen LogP) is 2.21. The number of benzene rings is 1. The number of amides is 3. The molecule has 1 rings (SSSR count). The molecule has 1 aromatic carbocycles. The minimum Gasteiger partial charge on any atom is -0.482 e. The van der Waals surface area contributed by atoms with Crippen molar-refractivity contribution in [1.29, 1.82) is 5.26 Å². The van der Waals surface area contributed by atoms with Gasteiger partial charge in [0.1, 0.15) is 5.75 Å². The Morgan fingerprint density at radius 1 is 1.48 bits per heavy atom. The van der Waals surface area contributed by atoms with Crippen molar-refractivity contribution >= 4 is 23.5 Å². The summed E-state index contributed by atoms with van der Waals surface area (Å²) in [5.41, 5.74) is 0.393. The highest BCUT2D eigenvalue weighted by atomic mass is 35.5. The van der Waals surface area contributed by atoms with Crippen molar-refractivity contribution in [2.45, 2.75) is 26.3 Å². The number of carbonyl (C=O) groups is 2. The molecule has 0 bridgehead atoms. The normalized spacial score (nSPS) is 11.1. The van der Waals surface area contributed by atoms with E-state index in [0.29, 0.717) is 5.56 Å². The molecule has 0 saturated heterocycles. The number of rotatable bonds is 5. The van der Waals surface area contributed by atoms with E-state index in [1.807, 2.05) is 19.9 Å². The molecule has 112 valence electrons. The van der Waals surface area contributed by atoms with Crippen LogP contribution in [0.2, 0.25) is 5.02 Å². The topological polar surface area (TPSA) is 91.2 Å². The Morgan fingerprint density at radius 3 is 2.76 bits per heavy atom. The molecular formula is C14H16ClN3O3. The summed E-state index contributed by atoms with van der Waals surface area (Å²) in [4.78, 5) is 23.0. The van der Waals surface area contributed by atoms with Crippen LogP contribution in [-0.2, 0) is 4.79 Å². The van der Waals surface area contributed by atoms with Crippen molar-refractivity contribution in [3.05, 3.63) is 28.8 Å². The van der Waals surface area contributed by atoms with E-state index in [2.05, 4.69) is 10.6 Å². The van der Waals surface area contributed by atoms with Gasteiger partial charge in [-0.05, 0) is 31.5 Å². The minimum absolute atomic E-state index is 0.0216. The molecular weight excluding hydrogens is 294 g/mol. The molecule has 0 aromatic heterocycles. The van der Waals surface area contributed by atoms with E-state index < -0.39 is 11.9 Å². The van der Waals surface area contributed by atoms with Crippen molar-refractivity contribution in [2.24, 2.45) is 0 Å². The van der Waals surface area contributed by atoms with Gasteiger partial charge in [0.2, 0.25) is 0 Å². The number of nitrogens with zero attached hydrogens (tertiary/aromatic N) is 1. The van der Waals surface area contributed by atoms with Crippen LogP contribution in [0.1, 0.15) is 25.8 Å². The number of hydrogen-bond donors (Lipinski definition) is 2. The van der Waals surface area contributed by atoms with Crippen LogP contribution in [0.3, 0.4) is 0 Å². The summed E-state index contributed by atoms with van der Waals surface area (Å²) >= 11 is 5.90. The lowest BCUT2D eigenvalue weighted by atomic mass is 10.2. The van der Waals surface area contributed by atoms with E-state index in [4.69, 9.17) is 21.6 Å². The maximum Gasteiger partial charge on any atom is 0.321 e. The molecule has 3 amide bonds. The van der Waals surface area contributed by atoms with Gasteiger partial charge in [-0.2, -0.15) is 5.26 Å². The zero-order valence-corrected chi connectivity index (χ0v) is 12.5. The van der Waals surface area contributed by atoms with E-state index in [0.717, 1.165) is 6.42 Å². The number of hydrogen-bond acceptors (Lipinski definition) is 4. The summed E-state index contributed by atoms with van der Waals surface area (Å²) < 4.78 is 5.20. The summed E-state index contributed by atoms with van der Waals surface area (Å²) in [6.45, 7) is 3.40. The second kappa shape index (κ2) is 8.12. The number of carbonyl (C=O) groups excluding carboxylic acids is 2. The lowest BCUT2D eigenvalue weighted by Gasteiger charge is -2.12. The average molecular weight is 310 g/mol. The molecule has 0 aliphatic carbocycles. The SMILES string of the molecule is CC[C@H](C)NC(=O)NC(=O)COc1ccc(C#N)cc1Cl. The van der Waals surface area contributed by atoms with Crippen LogP contribution in [0, 0.1) is 11.3 Å². The maximum absolute atomic E-state index is 11.5. The third-order valence-electron chi connectivity index (χ3n) is 2.66. The molecule has 0 fully saturated rings. The molecule has 7 heteroatoms. The molecule has 0 spiro atoms. The first-order valence-electron chi connectivity index (χ1n) is 6.39. The fourth-order valence-electron chi connectivity index (χ4n) is 1.36. The number of nitrogens with one attached hydrogen (secondary N) is 2. The summed E-state index contributed by atoms with van der Waals surface area (Å²) in [6, 6.07) is 5.80. The predicted molar refractivity (Wildman–Crippen MR) is 78.1 cm³/mol. The Kier molecular flexibility index (Phi) is 6.50. The minimum atomic E-state index is -0.587. The van der Waals surface area contributed by atoms with Crippen molar-refractivity contribution in [3.8, 4) is 11.8 Å². The Hall–Kier alpha value is -2.26. The van der Waals surface area contributed by atoms with Gasteiger partial charge in [0.25, 0.3) is 5.91 Å². The molecule has 0 aliphatic heterocycles. The highest BCUT2D eigenvalue weighted by Gasteiger charge is 2.11. The molecule has 0 radical (unpaired) electrons. The van der Waals surface area contributed by atoms with Crippen molar-refractivity contribution in [3.63, 3.8) is 0 Å². The highest BCUT2D eigenvalue weighted by Crippen LogP contribution is 2.24. The Morgan fingerprint density at radius 2 is 2.19 bits per heavy atom. The van der Waals surface area contributed by atoms with Gasteiger partial charge in [0.05, 0.1) is 16.7 Å². The third kappa shape index (κ3) is 5.71. The van der Waals surface area contributed by atoms with E-state index in [-0.39, 0.29) is 23.4 Å². The van der Waals surface area contributed by atoms with Gasteiger partial charge in [0, 0.05) is 6.04 Å². The number of ether oxygens (including phenoxy) is 1. The molecule has 0 saturated carbocycles. The summed E-state index contributed by atoms with van der Waals surface area (Å²) in [7, 11) is 0. The molecule has 0 unspecified atom stereocenters. The molecule has 1 aromatic rings. The summed E-state index contributed by atoms with van der Waals surface area (Å²) in [6.07, 6.45) is 0.763. The highest BCUT2D eigenvalue weighted by molar-refractivity contribution is 6.32. The van der Waals surface area contributed by atoms with Crippen LogP contribution in [-0.4, -0.2) is 24.6 Å². The second-order valence-electron chi connectivity index (χ2n) is 4.38. The Bertz CT molecular complexity index is 569. The van der Waals surface area contributed by atoms with E-state index in [1.54, 1.807) is 0 Å². The van der Waals surface area contributed by atoms with Crippen molar-refractivity contribution in [2.75, 3.05) is 6.61 Å². The number of imide groups is 1. The first kappa shape index (κ1) is 16.8. The van der Waals surface area contributed by atoms with Crippen LogP contribution < -0.4 is 15.4 Å². The number of urea groups is 1. The smallest absolute Gasteiger partial charge is 0.321 e. The quantitative estimate of drug-likeness (QED) is 0.872. The molecule has 0 heterocycles. The van der Waals surface area contributed by atoms with Crippen LogP contribution >= 0.6 is 11.6 Å².